The molecule has 0 saturated carbocycles. The zero-order valence-electron chi connectivity index (χ0n) is 9.14. The van der Waals surface area contributed by atoms with Gasteiger partial charge in [0.2, 0.25) is 10.0 Å². The van der Waals surface area contributed by atoms with Crippen molar-refractivity contribution in [1.82, 2.24) is 9.29 Å². The molecule has 0 unspecified atom stereocenters. The number of hydrogen-bond donors (Lipinski definition) is 1. The highest BCUT2D eigenvalue weighted by molar-refractivity contribution is 9.10. The predicted molar refractivity (Wildman–Crippen MR) is 67.9 cm³/mol. The van der Waals surface area contributed by atoms with E-state index in [0.717, 1.165) is 0 Å². The maximum absolute atomic E-state index is 11.4. The Labute approximate surface area is 104 Å². The molecule has 0 aromatic carbocycles. The molecule has 1 rings (SSSR count). The van der Waals surface area contributed by atoms with Crippen molar-refractivity contribution < 1.29 is 8.42 Å². The standard InChI is InChI=1S/C9H14BrN3O2S/c1-13(2)16(14,15)7-6-11-9-5-3-4-8(10)12-9/h3-5H,6-7H2,1-2H3,(H,11,12). The second-order valence-electron chi connectivity index (χ2n) is 3.37. The molecule has 1 aromatic rings. The minimum absolute atomic E-state index is 0.0498. The van der Waals surface area contributed by atoms with Gasteiger partial charge in [-0.1, -0.05) is 6.07 Å². The van der Waals surface area contributed by atoms with Crippen molar-refractivity contribution in [2.24, 2.45) is 0 Å². The second kappa shape index (κ2) is 5.60. The summed E-state index contributed by atoms with van der Waals surface area (Å²) in [7, 11) is -0.106. The Bertz CT molecular complexity index is 448. The molecule has 1 heterocycles. The maximum atomic E-state index is 11.4. The number of nitrogens with zero attached hydrogens (tertiary/aromatic N) is 2. The molecule has 0 aliphatic carbocycles. The Kier molecular flexibility index (Phi) is 4.69. The molecule has 90 valence electrons. The molecule has 0 aliphatic rings. The van der Waals surface area contributed by atoms with Crippen molar-refractivity contribution >= 4 is 31.8 Å². The van der Waals surface area contributed by atoms with Crippen LogP contribution < -0.4 is 5.32 Å². The van der Waals surface area contributed by atoms with Gasteiger partial charge in [-0.25, -0.2) is 17.7 Å². The Morgan fingerprint density at radius 2 is 2.12 bits per heavy atom. The fraction of sp³-hybridized carbons (Fsp3) is 0.444. The van der Waals surface area contributed by atoms with Gasteiger partial charge in [0.1, 0.15) is 10.4 Å². The van der Waals surface area contributed by atoms with Crippen LogP contribution in [0.15, 0.2) is 22.8 Å². The normalized spacial score (nSPS) is 11.8. The van der Waals surface area contributed by atoms with Crippen LogP contribution in [-0.2, 0) is 10.0 Å². The van der Waals surface area contributed by atoms with E-state index in [-0.39, 0.29) is 5.75 Å². The molecule has 0 aliphatic heterocycles. The lowest BCUT2D eigenvalue weighted by Gasteiger charge is -2.11. The number of sulfonamides is 1. The number of nitrogens with one attached hydrogen (secondary N) is 1. The van der Waals surface area contributed by atoms with E-state index in [1.807, 2.05) is 12.1 Å². The summed E-state index contributed by atoms with van der Waals surface area (Å²) in [5, 5.41) is 2.95. The lowest BCUT2D eigenvalue weighted by Crippen LogP contribution is -2.28. The van der Waals surface area contributed by atoms with Crippen molar-refractivity contribution in [2.75, 3.05) is 31.7 Å². The van der Waals surface area contributed by atoms with Crippen molar-refractivity contribution in [3.8, 4) is 0 Å². The first-order valence-corrected chi connectivity index (χ1v) is 7.08. The van der Waals surface area contributed by atoms with Gasteiger partial charge in [0, 0.05) is 20.6 Å². The van der Waals surface area contributed by atoms with E-state index in [1.54, 1.807) is 6.07 Å². The van der Waals surface area contributed by atoms with Crippen molar-refractivity contribution in [2.45, 2.75) is 0 Å². The van der Waals surface area contributed by atoms with Crippen LogP contribution >= 0.6 is 15.9 Å². The number of aromatic nitrogens is 1. The van der Waals surface area contributed by atoms with Gasteiger partial charge in [-0.15, -0.1) is 0 Å². The zero-order valence-corrected chi connectivity index (χ0v) is 11.5. The summed E-state index contributed by atoms with van der Waals surface area (Å²) in [4.78, 5) is 4.13. The molecular formula is C9H14BrN3O2S. The molecule has 0 saturated heterocycles. The number of hydrogen-bond acceptors (Lipinski definition) is 4. The molecule has 1 aromatic heterocycles. The average molecular weight is 308 g/mol. The summed E-state index contributed by atoms with van der Waals surface area (Å²) >= 11 is 3.24. The second-order valence-corrected chi connectivity index (χ2v) is 6.49. The molecule has 7 heteroatoms. The van der Waals surface area contributed by atoms with Gasteiger partial charge < -0.3 is 5.32 Å². The fourth-order valence-corrected chi connectivity index (χ4v) is 2.07. The van der Waals surface area contributed by atoms with E-state index in [2.05, 4.69) is 26.2 Å². The van der Waals surface area contributed by atoms with Crippen LogP contribution in [0.1, 0.15) is 0 Å². The van der Waals surface area contributed by atoms with Crippen LogP contribution in [0.2, 0.25) is 0 Å². The Balaban J connectivity index is 2.48. The zero-order chi connectivity index (χ0) is 12.2. The van der Waals surface area contributed by atoms with Crippen LogP contribution in [0.4, 0.5) is 5.82 Å². The summed E-state index contributed by atoms with van der Waals surface area (Å²) in [6.07, 6.45) is 0. The number of rotatable bonds is 5. The molecule has 0 spiro atoms. The summed E-state index contributed by atoms with van der Waals surface area (Å²) in [5.74, 6) is 0.706. The number of anilines is 1. The van der Waals surface area contributed by atoms with Gasteiger partial charge in [0.15, 0.2) is 0 Å². The Hall–Kier alpha value is -0.660. The van der Waals surface area contributed by atoms with Crippen LogP contribution in [0.25, 0.3) is 0 Å². The van der Waals surface area contributed by atoms with E-state index in [1.165, 1.54) is 18.4 Å². The van der Waals surface area contributed by atoms with E-state index in [9.17, 15) is 8.42 Å². The summed E-state index contributed by atoms with van der Waals surface area (Å²) in [5.41, 5.74) is 0. The van der Waals surface area contributed by atoms with E-state index in [0.29, 0.717) is 17.0 Å². The lowest BCUT2D eigenvalue weighted by molar-refractivity contribution is 0.521. The van der Waals surface area contributed by atoms with Gasteiger partial charge >= 0.3 is 0 Å². The Morgan fingerprint density at radius 3 is 2.69 bits per heavy atom. The predicted octanol–water partition coefficient (Wildman–Crippen LogP) is 1.15. The van der Waals surface area contributed by atoms with Gasteiger partial charge in [-0.05, 0) is 28.1 Å². The first kappa shape index (κ1) is 13.4. The SMILES string of the molecule is CN(C)S(=O)(=O)CCNc1cccc(Br)n1. The smallest absolute Gasteiger partial charge is 0.215 e. The molecule has 0 radical (unpaired) electrons. The van der Waals surface area contributed by atoms with Crippen LogP contribution in [-0.4, -0.2) is 44.1 Å². The fourth-order valence-electron chi connectivity index (χ4n) is 0.997. The lowest BCUT2D eigenvalue weighted by atomic mass is 10.4. The Morgan fingerprint density at radius 1 is 1.44 bits per heavy atom. The third kappa shape index (κ3) is 4.07. The molecular weight excluding hydrogens is 294 g/mol. The van der Waals surface area contributed by atoms with E-state index < -0.39 is 10.0 Å². The van der Waals surface area contributed by atoms with Crippen molar-refractivity contribution in [1.29, 1.82) is 0 Å². The topological polar surface area (TPSA) is 62.3 Å². The van der Waals surface area contributed by atoms with Gasteiger partial charge in [-0.2, -0.15) is 0 Å². The minimum Gasteiger partial charge on any atom is -0.369 e. The first-order chi connectivity index (χ1) is 7.42. The monoisotopic (exact) mass is 307 g/mol. The molecule has 0 bridgehead atoms. The summed E-state index contributed by atoms with van der Waals surface area (Å²) < 4.78 is 24.8. The highest BCUT2D eigenvalue weighted by Crippen LogP contribution is 2.09. The first-order valence-electron chi connectivity index (χ1n) is 4.68. The molecule has 5 nitrogen and oxygen atoms in total. The van der Waals surface area contributed by atoms with Crippen LogP contribution in [0.5, 0.6) is 0 Å². The molecule has 1 N–H and O–H groups in total. The third-order valence-corrected chi connectivity index (χ3v) is 4.21. The van der Waals surface area contributed by atoms with E-state index >= 15 is 0 Å². The largest absolute Gasteiger partial charge is 0.369 e. The maximum Gasteiger partial charge on any atom is 0.215 e. The molecule has 0 fully saturated rings. The molecule has 0 amide bonds. The highest BCUT2D eigenvalue weighted by Gasteiger charge is 2.12. The third-order valence-electron chi connectivity index (χ3n) is 1.94. The minimum atomic E-state index is -3.15. The van der Waals surface area contributed by atoms with Crippen molar-refractivity contribution in [3.63, 3.8) is 0 Å². The summed E-state index contributed by atoms with van der Waals surface area (Å²) in [6.45, 7) is 0.337. The number of pyridine rings is 1. The van der Waals surface area contributed by atoms with Gasteiger partial charge in [-0.3, -0.25) is 0 Å². The van der Waals surface area contributed by atoms with Crippen molar-refractivity contribution in [3.05, 3.63) is 22.8 Å². The average Bonchev–Trinajstić information content (AvgIpc) is 2.17. The molecule has 0 atom stereocenters. The number of halogens is 1. The highest BCUT2D eigenvalue weighted by atomic mass is 79.9. The molecule has 16 heavy (non-hydrogen) atoms. The van der Waals surface area contributed by atoms with Gasteiger partial charge in [0.05, 0.1) is 5.75 Å². The van der Waals surface area contributed by atoms with Crippen LogP contribution in [0, 0.1) is 0 Å². The van der Waals surface area contributed by atoms with Gasteiger partial charge in [0.25, 0.3) is 0 Å². The van der Waals surface area contributed by atoms with Crippen LogP contribution in [0.3, 0.4) is 0 Å². The van der Waals surface area contributed by atoms with E-state index in [4.69, 9.17) is 0 Å². The quantitative estimate of drug-likeness (QED) is 0.829. The summed E-state index contributed by atoms with van der Waals surface area (Å²) in [6, 6.07) is 5.43.